The lowest BCUT2D eigenvalue weighted by atomic mass is 9.97. The Bertz CT molecular complexity index is 958. The number of benzene rings is 2. The van der Waals surface area contributed by atoms with Gasteiger partial charge in [0, 0.05) is 34.7 Å². The van der Waals surface area contributed by atoms with Gasteiger partial charge in [-0.25, -0.2) is 8.42 Å². The summed E-state index contributed by atoms with van der Waals surface area (Å²) in [5, 5.41) is 3.78. The number of carbonyl (C=O) groups is 1. The monoisotopic (exact) mass is 446 g/mol. The van der Waals surface area contributed by atoms with Crippen LogP contribution in [-0.2, 0) is 14.8 Å². The van der Waals surface area contributed by atoms with E-state index in [2.05, 4.69) is 5.32 Å². The van der Waals surface area contributed by atoms with Crippen LogP contribution in [0.1, 0.15) is 12.8 Å². The molecule has 0 aromatic heterocycles. The van der Waals surface area contributed by atoms with Gasteiger partial charge in [-0.15, -0.1) is 0 Å². The van der Waals surface area contributed by atoms with Crippen LogP contribution < -0.4 is 5.32 Å². The molecule has 2 aromatic rings. The molecule has 1 aliphatic heterocycles. The summed E-state index contributed by atoms with van der Waals surface area (Å²) in [4.78, 5) is 12.4. The maximum atomic E-state index is 12.8. The molecule has 9 heteroatoms. The van der Waals surface area contributed by atoms with Crippen LogP contribution in [0.4, 0.5) is 5.69 Å². The average Bonchev–Trinajstić information content (AvgIpc) is 2.63. The number of hydrogen-bond acceptors (Lipinski definition) is 3. The molecule has 5 nitrogen and oxygen atoms in total. The normalized spacial score (nSPS) is 16.3. The van der Waals surface area contributed by atoms with Crippen molar-refractivity contribution in [3.05, 3.63) is 57.5 Å². The molecule has 1 saturated heterocycles. The van der Waals surface area contributed by atoms with E-state index in [0.717, 1.165) is 0 Å². The van der Waals surface area contributed by atoms with Crippen LogP contribution in [-0.4, -0.2) is 31.7 Å². The molecule has 0 bridgehead atoms. The third-order valence-corrected chi connectivity index (χ3v) is 7.28. The van der Waals surface area contributed by atoms with Crippen molar-refractivity contribution in [2.45, 2.75) is 17.7 Å². The van der Waals surface area contributed by atoms with Crippen molar-refractivity contribution in [1.29, 1.82) is 0 Å². The highest BCUT2D eigenvalue weighted by Gasteiger charge is 2.33. The van der Waals surface area contributed by atoms with Gasteiger partial charge in [0.2, 0.25) is 15.9 Å². The summed E-state index contributed by atoms with van der Waals surface area (Å²) in [6.07, 6.45) is 0.841. The van der Waals surface area contributed by atoms with Gasteiger partial charge in [-0.3, -0.25) is 4.79 Å². The number of carbonyl (C=O) groups excluding carboxylic acids is 1. The maximum Gasteiger partial charge on any atom is 0.244 e. The van der Waals surface area contributed by atoms with Crippen LogP contribution in [0.2, 0.25) is 15.1 Å². The Labute approximate surface area is 173 Å². The molecule has 0 radical (unpaired) electrons. The highest BCUT2D eigenvalue weighted by atomic mass is 35.5. The van der Waals surface area contributed by atoms with E-state index in [4.69, 9.17) is 34.8 Å². The van der Waals surface area contributed by atoms with Crippen LogP contribution in [0.15, 0.2) is 47.4 Å². The van der Waals surface area contributed by atoms with E-state index >= 15 is 0 Å². The van der Waals surface area contributed by atoms with Gasteiger partial charge in [-0.05, 0) is 49.2 Å². The van der Waals surface area contributed by atoms with Gasteiger partial charge in [0.05, 0.1) is 5.02 Å². The molecule has 1 N–H and O–H groups in total. The Morgan fingerprint density at radius 1 is 1.00 bits per heavy atom. The molecule has 1 aliphatic rings. The molecule has 0 unspecified atom stereocenters. The van der Waals surface area contributed by atoms with Gasteiger partial charge in [-0.1, -0.05) is 40.9 Å². The molecule has 0 saturated carbocycles. The third kappa shape index (κ3) is 4.76. The van der Waals surface area contributed by atoms with Crippen LogP contribution in [0.5, 0.6) is 0 Å². The first kappa shape index (κ1) is 20.4. The van der Waals surface area contributed by atoms with Crippen LogP contribution >= 0.6 is 34.8 Å². The second kappa shape index (κ2) is 8.37. The Balaban J connectivity index is 1.66. The van der Waals surface area contributed by atoms with Crippen molar-refractivity contribution in [2.24, 2.45) is 5.92 Å². The number of rotatable bonds is 4. The Morgan fingerprint density at radius 2 is 1.67 bits per heavy atom. The van der Waals surface area contributed by atoms with E-state index in [1.54, 1.807) is 24.3 Å². The van der Waals surface area contributed by atoms with Crippen molar-refractivity contribution in [1.82, 2.24) is 4.31 Å². The molecular weight excluding hydrogens is 431 g/mol. The molecule has 144 valence electrons. The number of piperidine rings is 1. The number of nitrogens with zero attached hydrogens (tertiary/aromatic N) is 1. The molecule has 1 heterocycles. The Kier molecular flexibility index (Phi) is 6.33. The lowest BCUT2D eigenvalue weighted by Crippen LogP contribution is -2.41. The molecule has 2 aromatic carbocycles. The maximum absolute atomic E-state index is 12.8. The fourth-order valence-electron chi connectivity index (χ4n) is 2.98. The van der Waals surface area contributed by atoms with Crippen molar-refractivity contribution in [3.63, 3.8) is 0 Å². The van der Waals surface area contributed by atoms with E-state index in [1.807, 2.05) is 0 Å². The minimum Gasteiger partial charge on any atom is -0.326 e. The quantitative estimate of drug-likeness (QED) is 0.739. The molecule has 0 aliphatic carbocycles. The summed E-state index contributed by atoms with van der Waals surface area (Å²) in [5.41, 5.74) is 0.619. The molecule has 1 amide bonds. The van der Waals surface area contributed by atoms with Gasteiger partial charge >= 0.3 is 0 Å². The van der Waals surface area contributed by atoms with E-state index in [1.165, 1.54) is 22.5 Å². The molecular formula is C18H17Cl3N2O3S. The molecule has 3 rings (SSSR count). The van der Waals surface area contributed by atoms with E-state index in [-0.39, 0.29) is 34.8 Å². The van der Waals surface area contributed by atoms with Crippen LogP contribution in [0.25, 0.3) is 0 Å². The molecule has 0 spiro atoms. The zero-order chi connectivity index (χ0) is 19.6. The van der Waals surface area contributed by atoms with Crippen LogP contribution in [0, 0.1) is 5.92 Å². The molecule has 27 heavy (non-hydrogen) atoms. The zero-order valence-electron chi connectivity index (χ0n) is 14.2. The lowest BCUT2D eigenvalue weighted by molar-refractivity contribution is -0.120. The topological polar surface area (TPSA) is 66.5 Å². The largest absolute Gasteiger partial charge is 0.326 e. The van der Waals surface area contributed by atoms with Crippen molar-refractivity contribution >= 4 is 56.4 Å². The average molecular weight is 448 g/mol. The summed E-state index contributed by atoms with van der Waals surface area (Å²) < 4.78 is 27.0. The van der Waals surface area contributed by atoms with E-state index in [9.17, 15) is 13.2 Å². The second-order valence-electron chi connectivity index (χ2n) is 6.25. The predicted molar refractivity (Wildman–Crippen MR) is 108 cm³/mol. The number of amides is 1. The van der Waals surface area contributed by atoms with Gasteiger partial charge in [0.15, 0.2) is 0 Å². The third-order valence-electron chi connectivity index (χ3n) is 4.43. The fourth-order valence-corrected chi connectivity index (χ4v) is 5.38. The first-order chi connectivity index (χ1) is 12.8. The Hall–Kier alpha value is -1.31. The smallest absolute Gasteiger partial charge is 0.244 e. The summed E-state index contributed by atoms with van der Waals surface area (Å²) in [7, 11) is -3.76. The lowest BCUT2D eigenvalue weighted by Gasteiger charge is -2.30. The minimum absolute atomic E-state index is 0.0153. The SMILES string of the molecule is O=C(Nc1cccc(Cl)c1)C1CCN(S(=O)(=O)c2cc(Cl)ccc2Cl)CC1. The number of hydrogen-bond donors (Lipinski definition) is 1. The van der Waals surface area contributed by atoms with Crippen molar-refractivity contribution in [2.75, 3.05) is 18.4 Å². The summed E-state index contributed by atoms with van der Waals surface area (Å²) >= 11 is 17.9. The first-order valence-electron chi connectivity index (χ1n) is 8.29. The molecule has 1 fully saturated rings. The minimum atomic E-state index is -3.76. The highest BCUT2D eigenvalue weighted by molar-refractivity contribution is 7.89. The van der Waals surface area contributed by atoms with Crippen LogP contribution in [0.3, 0.4) is 0 Å². The standard InChI is InChI=1S/C18H17Cl3N2O3S/c19-13-2-1-3-15(10-13)22-18(24)12-6-8-23(9-7-12)27(25,26)17-11-14(20)4-5-16(17)21/h1-5,10-12H,6-9H2,(H,22,24). The van der Waals surface area contributed by atoms with Crippen molar-refractivity contribution in [3.8, 4) is 0 Å². The van der Waals surface area contributed by atoms with Crippen molar-refractivity contribution < 1.29 is 13.2 Å². The summed E-state index contributed by atoms with van der Waals surface area (Å²) in [6.45, 7) is 0.470. The molecule has 0 atom stereocenters. The predicted octanol–water partition coefficient (Wildman–Crippen LogP) is 4.69. The number of nitrogens with one attached hydrogen (secondary N) is 1. The van der Waals surface area contributed by atoms with Gasteiger partial charge in [0.1, 0.15) is 4.90 Å². The van der Waals surface area contributed by atoms with Gasteiger partial charge in [0.25, 0.3) is 0 Å². The summed E-state index contributed by atoms with van der Waals surface area (Å²) in [6, 6.07) is 11.2. The Morgan fingerprint density at radius 3 is 2.33 bits per heavy atom. The first-order valence-corrected chi connectivity index (χ1v) is 10.9. The fraction of sp³-hybridized carbons (Fsp3) is 0.278. The highest BCUT2D eigenvalue weighted by Crippen LogP contribution is 2.30. The second-order valence-corrected chi connectivity index (χ2v) is 9.44. The number of anilines is 1. The number of halogens is 3. The van der Waals surface area contributed by atoms with Gasteiger partial charge in [-0.2, -0.15) is 4.31 Å². The van der Waals surface area contributed by atoms with E-state index in [0.29, 0.717) is 28.6 Å². The van der Waals surface area contributed by atoms with E-state index < -0.39 is 10.0 Å². The van der Waals surface area contributed by atoms with Gasteiger partial charge < -0.3 is 5.32 Å². The zero-order valence-corrected chi connectivity index (χ0v) is 17.2. The summed E-state index contributed by atoms with van der Waals surface area (Å²) in [5.74, 6) is -0.416. The number of sulfonamides is 1.